The van der Waals surface area contributed by atoms with Gasteiger partial charge in [-0.2, -0.15) is 15.0 Å². The van der Waals surface area contributed by atoms with Gasteiger partial charge in [-0.05, 0) is 26.2 Å². The molecule has 0 bridgehead atoms. The molecule has 2 aliphatic carbocycles. The molecular weight excluding hydrogens is 427 g/mol. The van der Waals surface area contributed by atoms with E-state index in [0.717, 1.165) is 11.3 Å². The van der Waals surface area contributed by atoms with E-state index in [4.69, 9.17) is 0 Å². The summed E-state index contributed by atoms with van der Waals surface area (Å²) in [4.78, 5) is 16.5. The van der Waals surface area contributed by atoms with Gasteiger partial charge in [0.1, 0.15) is 11.4 Å². The van der Waals surface area contributed by atoms with Crippen molar-refractivity contribution in [3.63, 3.8) is 0 Å². The van der Waals surface area contributed by atoms with Gasteiger partial charge < -0.3 is 10.6 Å². The molecule has 0 aliphatic heterocycles. The van der Waals surface area contributed by atoms with Gasteiger partial charge in [-0.1, -0.05) is 0 Å². The molecule has 0 saturated heterocycles. The molecule has 4 rings (SSSR count). The Hall–Kier alpha value is -2.11. The quantitative estimate of drug-likeness (QED) is 0.590. The Balaban J connectivity index is 1.59. The van der Waals surface area contributed by atoms with Gasteiger partial charge in [-0.15, -0.1) is 11.3 Å². The topological polar surface area (TPSA) is 75.6 Å². The summed E-state index contributed by atoms with van der Waals surface area (Å²) in [6.07, 6.45) is -1.78. The van der Waals surface area contributed by atoms with Crippen LogP contribution >= 0.6 is 11.3 Å². The van der Waals surface area contributed by atoms with Crippen molar-refractivity contribution in [2.45, 2.75) is 75.5 Å². The van der Waals surface area contributed by atoms with E-state index < -0.39 is 24.1 Å². The molecule has 2 aliphatic rings. The Labute approximate surface area is 173 Å². The van der Waals surface area contributed by atoms with Crippen LogP contribution in [-0.4, -0.2) is 43.6 Å². The van der Waals surface area contributed by atoms with Crippen LogP contribution in [0.25, 0.3) is 10.8 Å². The molecule has 2 aromatic heterocycles. The predicted octanol–water partition coefficient (Wildman–Crippen LogP) is 5.23. The van der Waals surface area contributed by atoms with Crippen molar-refractivity contribution in [1.82, 2.24) is 19.9 Å². The van der Waals surface area contributed by atoms with Gasteiger partial charge in [-0.25, -0.2) is 26.9 Å². The smallest absolute Gasteiger partial charge is 0.281 e. The standard InChI is InChI=1S/C18H21F5N6S/c1-17(21)4-2-9(6-17)24-15-27-13(14-26-11(8-30-14)12(19)20)28-16(29-15)25-10-3-5-18(22,23)7-10/h8-10,12H,2-7H2,1H3,(H2,24,25,27,28,29). The number of anilines is 2. The molecule has 2 fully saturated rings. The molecule has 2 N–H and O–H groups in total. The fraction of sp³-hybridized carbons (Fsp3) is 0.667. The second-order valence-corrected chi connectivity index (χ2v) is 8.98. The molecule has 0 amide bonds. The number of hydrogen-bond donors (Lipinski definition) is 2. The second-order valence-electron chi connectivity index (χ2n) is 8.12. The molecule has 0 radical (unpaired) electrons. The van der Waals surface area contributed by atoms with Gasteiger partial charge in [0.25, 0.3) is 6.43 Å². The zero-order chi connectivity index (χ0) is 21.5. The van der Waals surface area contributed by atoms with E-state index >= 15 is 0 Å². The Morgan fingerprint density at radius 3 is 2.10 bits per heavy atom. The van der Waals surface area contributed by atoms with Gasteiger partial charge in [0.15, 0.2) is 10.8 Å². The number of halogens is 5. The zero-order valence-corrected chi connectivity index (χ0v) is 17.0. The number of thiazole rings is 1. The Kier molecular flexibility index (Phi) is 5.54. The highest BCUT2D eigenvalue weighted by Gasteiger charge is 2.40. The number of rotatable bonds is 6. The molecule has 12 heteroatoms. The summed E-state index contributed by atoms with van der Waals surface area (Å²) in [5.74, 6) is -2.51. The minimum Gasteiger partial charge on any atom is -0.351 e. The van der Waals surface area contributed by atoms with Crippen LogP contribution < -0.4 is 10.6 Å². The third kappa shape index (κ3) is 4.96. The van der Waals surface area contributed by atoms with Crippen molar-refractivity contribution in [2.24, 2.45) is 0 Å². The van der Waals surface area contributed by atoms with Gasteiger partial charge >= 0.3 is 0 Å². The zero-order valence-electron chi connectivity index (χ0n) is 16.1. The van der Waals surface area contributed by atoms with Crippen molar-refractivity contribution < 1.29 is 22.0 Å². The maximum absolute atomic E-state index is 14.2. The molecule has 3 atom stereocenters. The maximum atomic E-state index is 14.2. The first kappa shape index (κ1) is 21.1. The first-order valence-electron chi connectivity index (χ1n) is 9.68. The van der Waals surface area contributed by atoms with Crippen LogP contribution in [0.15, 0.2) is 5.38 Å². The summed E-state index contributed by atoms with van der Waals surface area (Å²) in [6.45, 7) is 1.53. The average molecular weight is 448 g/mol. The van der Waals surface area contributed by atoms with E-state index in [1.165, 1.54) is 12.3 Å². The number of nitrogens with one attached hydrogen (secondary N) is 2. The number of alkyl halides is 5. The summed E-state index contributed by atoms with van der Waals surface area (Å²) in [6, 6.07) is -0.719. The normalized spacial score (nSPS) is 28.2. The minimum absolute atomic E-state index is 0.0534. The molecule has 0 spiro atoms. The summed E-state index contributed by atoms with van der Waals surface area (Å²) >= 11 is 0.954. The van der Waals surface area contributed by atoms with Crippen molar-refractivity contribution in [2.75, 3.05) is 10.6 Å². The Bertz CT molecular complexity index is 859. The summed E-state index contributed by atoms with van der Waals surface area (Å²) < 4.78 is 67.0. The van der Waals surface area contributed by atoms with Crippen LogP contribution in [0.1, 0.15) is 57.6 Å². The van der Waals surface area contributed by atoms with Crippen molar-refractivity contribution >= 4 is 23.2 Å². The van der Waals surface area contributed by atoms with E-state index in [1.54, 1.807) is 0 Å². The van der Waals surface area contributed by atoms with Crippen molar-refractivity contribution in [1.29, 1.82) is 0 Å². The summed E-state index contributed by atoms with van der Waals surface area (Å²) in [7, 11) is 0. The van der Waals surface area contributed by atoms with Crippen LogP contribution in [0.5, 0.6) is 0 Å². The van der Waals surface area contributed by atoms with Gasteiger partial charge in [0.05, 0.1) is 0 Å². The highest BCUT2D eigenvalue weighted by Crippen LogP contribution is 2.37. The van der Waals surface area contributed by atoms with Crippen LogP contribution in [0.4, 0.5) is 33.8 Å². The molecule has 0 aromatic carbocycles. The lowest BCUT2D eigenvalue weighted by atomic mass is 10.1. The van der Waals surface area contributed by atoms with Gasteiger partial charge in [0, 0.05) is 36.7 Å². The Morgan fingerprint density at radius 1 is 0.967 bits per heavy atom. The molecule has 2 saturated carbocycles. The molecule has 3 unspecified atom stereocenters. The van der Waals surface area contributed by atoms with Crippen LogP contribution in [0, 0.1) is 0 Å². The monoisotopic (exact) mass is 448 g/mol. The highest BCUT2D eigenvalue weighted by molar-refractivity contribution is 7.13. The second kappa shape index (κ2) is 7.86. The van der Waals surface area contributed by atoms with E-state index in [9.17, 15) is 22.0 Å². The van der Waals surface area contributed by atoms with Crippen molar-refractivity contribution in [3.8, 4) is 10.8 Å². The fourth-order valence-electron chi connectivity index (χ4n) is 3.84. The highest BCUT2D eigenvalue weighted by atomic mass is 32.1. The van der Waals surface area contributed by atoms with E-state index in [-0.39, 0.29) is 60.1 Å². The fourth-order valence-corrected chi connectivity index (χ4v) is 4.59. The van der Waals surface area contributed by atoms with Crippen LogP contribution in [0.2, 0.25) is 0 Å². The lowest BCUT2D eigenvalue weighted by Gasteiger charge is -2.17. The van der Waals surface area contributed by atoms with Gasteiger partial charge in [-0.3, -0.25) is 0 Å². The van der Waals surface area contributed by atoms with E-state index in [2.05, 4.69) is 30.6 Å². The SMILES string of the molecule is CC1(F)CCC(Nc2nc(NC3CCC(F)(F)C3)nc(-c3nc(C(F)F)cs3)n2)C1. The largest absolute Gasteiger partial charge is 0.351 e. The minimum atomic E-state index is -2.74. The van der Waals surface area contributed by atoms with E-state index in [1.807, 2.05) is 0 Å². The first-order valence-corrected chi connectivity index (χ1v) is 10.6. The maximum Gasteiger partial charge on any atom is 0.281 e. The first-order chi connectivity index (χ1) is 14.1. The molecular formula is C18H21F5N6S. The summed E-state index contributed by atoms with van der Waals surface area (Å²) in [5, 5.41) is 7.33. The lowest BCUT2D eigenvalue weighted by Crippen LogP contribution is -2.23. The number of hydrogen-bond acceptors (Lipinski definition) is 7. The third-order valence-electron chi connectivity index (χ3n) is 5.33. The lowest BCUT2D eigenvalue weighted by molar-refractivity contribution is 0.00851. The van der Waals surface area contributed by atoms with Crippen molar-refractivity contribution in [3.05, 3.63) is 11.1 Å². The number of aromatic nitrogens is 4. The summed E-state index contributed by atoms with van der Waals surface area (Å²) in [5.41, 5.74) is -1.68. The number of nitrogens with zero attached hydrogens (tertiary/aromatic N) is 4. The molecule has 164 valence electrons. The predicted molar refractivity (Wildman–Crippen MR) is 103 cm³/mol. The molecule has 6 nitrogen and oxygen atoms in total. The Morgan fingerprint density at radius 2 is 1.60 bits per heavy atom. The molecule has 30 heavy (non-hydrogen) atoms. The van der Waals surface area contributed by atoms with Crippen LogP contribution in [-0.2, 0) is 0 Å². The molecule has 2 aromatic rings. The van der Waals surface area contributed by atoms with Gasteiger partial charge in [0.2, 0.25) is 17.8 Å². The van der Waals surface area contributed by atoms with E-state index in [0.29, 0.717) is 12.8 Å². The average Bonchev–Trinajstić information content (AvgIpc) is 3.34. The van der Waals surface area contributed by atoms with Crippen LogP contribution in [0.3, 0.4) is 0 Å². The molecule has 2 heterocycles. The third-order valence-corrected chi connectivity index (χ3v) is 6.18.